The van der Waals surface area contributed by atoms with Crippen LogP contribution in [0.25, 0.3) is 22.3 Å². The van der Waals surface area contributed by atoms with Crippen molar-refractivity contribution >= 4 is 11.4 Å². The van der Waals surface area contributed by atoms with Crippen molar-refractivity contribution in [1.82, 2.24) is 0 Å². The Kier molecular flexibility index (Phi) is 5.20. The van der Waals surface area contributed by atoms with E-state index in [1.54, 1.807) is 0 Å². The SMILES string of the molecule is Cc1cc2c(cc1-c1ccccc1N(c1ccccc1C)C(C)(C)C)C(C)(C)c1ccccc1-2. The largest absolute Gasteiger partial charge is 0.335 e. The van der Waals surface area contributed by atoms with Crippen molar-refractivity contribution in [3.8, 4) is 22.3 Å². The van der Waals surface area contributed by atoms with Gasteiger partial charge in [-0.05, 0) is 91.8 Å². The van der Waals surface area contributed by atoms with Crippen LogP contribution in [-0.4, -0.2) is 5.54 Å². The molecule has 0 atom stereocenters. The fourth-order valence-corrected chi connectivity index (χ4v) is 5.71. The zero-order chi connectivity index (χ0) is 24.3. The van der Waals surface area contributed by atoms with E-state index in [1.807, 2.05) is 0 Å². The highest BCUT2D eigenvalue weighted by Gasteiger charge is 2.36. The first-order valence-electron chi connectivity index (χ1n) is 12.3. The Morgan fingerprint density at radius 2 is 1.15 bits per heavy atom. The summed E-state index contributed by atoms with van der Waals surface area (Å²) >= 11 is 0. The maximum Gasteiger partial charge on any atom is 0.0495 e. The standard InChI is InChI=1S/C33H35N/c1-22-14-8-12-18-30(22)34(32(3,4)5)31-19-13-10-16-25(31)26-21-29-27(20-23(26)2)24-15-9-11-17-28(24)33(29,6)7/h8-21H,1-7H3. The number of aryl methyl sites for hydroxylation is 2. The summed E-state index contributed by atoms with van der Waals surface area (Å²) < 4.78 is 0. The molecule has 0 N–H and O–H groups in total. The summed E-state index contributed by atoms with van der Waals surface area (Å²) in [4.78, 5) is 2.50. The van der Waals surface area contributed by atoms with Crippen molar-refractivity contribution in [2.24, 2.45) is 0 Å². The van der Waals surface area contributed by atoms with Gasteiger partial charge < -0.3 is 4.90 Å². The fourth-order valence-electron chi connectivity index (χ4n) is 5.71. The Morgan fingerprint density at radius 1 is 0.559 bits per heavy atom. The van der Waals surface area contributed by atoms with Gasteiger partial charge >= 0.3 is 0 Å². The number of hydrogen-bond acceptors (Lipinski definition) is 1. The van der Waals surface area contributed by atoms with Crippen LogP contribution in [0, 0.1) is 13.8 Å². The number of anilines is 2. The summed E-state index contributed by atoms with van der Waals surface area (Å²) in [5.41, 5.74) is 13.2. The van der Waals surface area contributed by atoms with E-state index in [0.29, 0.717) is 0 Å². The van der Waals surface area contributed by atoms with E-state index in [1.165, 1.54) is 55.9 Å². The highest BCUT2D eigenvalue weighted by Crippen LogP contribution is 2.51. The molecule has 1 nitrogen and oxygen atoms in total. The van der Waals surface area contributed by atoms with Crippen molar-refractivity contribution in [2.45, 2.75) is 59.4 Å². The lowest BCUT2D eigenvalue weighted by Gasteiger charge is -2.40. The highest BCUT2D eigenvalue weighted by atomic mass is 15.2. The van der Waals surface area contributed by atoms with Crippen LogP contribution in [0.2, 0.25) is 0 Å². The molecule has 0 aromatic heterocycles. The number of fused-ring (bicyclic) bond motifs is 3. The summed E-state index contributed by atoms with van der Waals surface area (Å²) in [6.07, 6.45) is 0. The second kappa shape index (κ2) is 7.87. The number of nitrogens with zero attached hydrogens (tertiary/aromatic N) is 1. The van der Waals surface area contributed by atoms with Gasteiger partial charge in [0.1, 0.15) is 0 Å². The van der Waals surface area contributed by atoms with E-state index in [9.17, 15) is 0 Å². The van der Waals surface area contributed by atoms with E-state index in [4.69, 9.17) is 0 Å². The number of para-hydroxylation sites is 2. The minimum atomic E-state index is -0.0810. The minimum absolute atomic E-state index is 0.0109. The summed E-state index contributed by atoms with van der Waals surface area (Å²) in [5.74, 6) is 0. The third-order valence-corrected chi connectivity index (χ3v) is 7.39. The zero-order valence-electron chi connectivity index (χ0n) is 21.5. The Bertz CT molecular complexity index is 1380. The first-order valence-corrected chi connectivity index (χ1v) is 12.3. The van der Waals surface area contributed by atoms with Gasteiger partial charge in [-0.1, -0.05) is 80.6 Å². The predicted molar refractivity (Wildman–Crippen MR) is 147 cm³/mol. The topological polar surface area (TPSA) is 3.24 Å². The van der Waals surface area contributed by atoms with E-state index in [2.05, 4.69) is 138 Å². The molecule has 1 aliphatic rings. The van der Waals surface area contributed by atoms with Crippen molar-refractivity contribution < 1.29 is 0 Å². The molecule has 0 saturated carbocycles. The predicted octanol–water partition coefficient (Wildman–Crippen LogP) is 9.21. The van der Waals surface area contributed by atoms with Crippen LogP contribution in [0.1, 0.15) is 56.9 Å². The van der Waals surface area contributed by atoms with Gasteiger partial charge in [0.15, 0.2) is 0 Å². The molecule has 1 heteroatoms. The van der Waals surface area contributed by atoms with Gasteiger partial charge in [-0.15, -0.1) is 0 Å². The molecule has 34 heavy (non-hydrogen) atoms. The van der Waals surface area contributed by atoms with Gasteiger partial charge in [0.05, 0.1) is 0 Å². The Hall–Kier alpha value is -3.32. The van der Waals surface area contributed by atoms with E-state index >= 15 is 0 Å². The van der Waals surface area contributed by atoms with Crippen LogP contribution >= 0.6 is 0 Å². The average molecular weight is 446 g/mol. The van der Waals surface area contributed by atoms with Crippen LogP contribution in [0.5, 0.6) is 0 Å². The monoisotopic (exact) mass is 445 g/mol. The molecule has 0 amide bonds. The maximum absolute atomic E-state index is 2.50. The van der Waals surface area contributed by atoms with E-state index in [0.717, 1.165) is 0 Å². The number of benzene rings is 4. The smallest absolute Gasteiger partial charge is 0.0495 e. The summed E-state index contributed by atoms with van der Waals surface area (Å²) in [6.45, 7) is 16.1. The Labute approximate surface area is 205 Å². The lowest BCUT2D eigenvalue weighted by molar-refractivity contribution is 0.560. The van der Waals surface area contributed by atoms with Crippen molar-refractivity contribution in [1.29, 1.82) is 0 Å². The molecule has 0 saturated heterocycles. The Morgan fingerprint density at radius 3 is 1.82 bits per heavy atom. The van der Waals surface area contributed by atoms with Gasteiger partial charge in [-0.2, -0.15) is 0 Å². The highest BCUT2D eigenvalue weighted by molar-refractivity contribution is 5.90. The van der Waals surface area contributed by atoms with Gasteiger partial charge in [0.2, 0.25) is 0 Å². The second-order valence-electron chi connectivity index (χ2n) is 11.2. The minimum Gasteiger partial charge on any atom is -0.335 e. The van der Waals surface area contributed by atoms with Crippen molar-refractivity contribution in [3.63, 3.8) is 0 Å². The van der Waals surface area contributed by atoms with Gasteiger partial charge in [-0.3, -0.25) is 0 Å². The van der Waals surface area contributed by atoms with E-state index in [-0.39, 0.29) is 11.0 Å². The molecule has 1 aliphatic carbocycles. The molecule has 0 unspecified atom stereocenters. The molecule has 4 aromatic carbocycles. The van der Waals surface area contributed by atoms with Crippen molar-refractivity contribution in [3.05, 3.63) is 107 Å². The van der Waals surface area contributed by atoms with Crippen LogP contribution in [0.4, 0.5) is 11.4 Å². The lowest BCUT2D eigenvalue weighted by atomic mass is 9.81. The lowest BCUT2D eigenvalue weighted by Crippen LogP contribution is -2.38. The first kappa shape index (κ1) is 22.5. The van der Waals surface area contributed by atoms with Crippen LogP contribution in [-0.2, 0) is 5.41 Å². The summed E-state index contributed by atoms with van der Waals surface area (Å²) in [5, 5.41) is 0. The zero-order valence-corrected chi connectivity index (χ0v) is 21.5. The van der Waals surface area contributed by atoms with Gasteiger partial charge in [0.25, 0.3) is 0 Å². The summed E-state index contributed by atoms with van der Waals surface area (Å²) in [7, 11) is 0. The van der Waals surface area contributed by atoms with E-state index < -0.39 is 0 Å². The molecule has 4 aromatic rings. The normalized spacial score (nSPS) is 14.0. The number of hydrogen-bond donors (Lipinski definition) is 0. The van der Waals surface area contributed by atoms with Gasteiger partial charge in [-0.25, -0.2) is 0 Å². The third-order valence-electron chi connectivity index (χ3n) is 7.39. The quantitative estimate of drug-likeness (QED) is 0.304. The molecular formula is C33H35N. The second-order valence-corrected chi connectivity index (χ2v) is 11.2. The summed E-state index contributed by atoms with van der Waals surface area (Å²) in [6, 6.07) is 31.4. The molecular weight excluding hydrogens is 410 g/mol. The molecule has 0 spiro atoms. The molecule has 5 rings (SSSR count). The molecule has 0 aliphatic heterocycles. The first-order chi connectivity index (χ1) is 16.1. The third kappa shape index (κ3) is 3.46. The molecule has 0 heterocycles. The van der Waals surface area contributed by atoms with Gasteiger partial charge in [0, 0.05) is 27.9 Å². The maximum atomic E-state index is 2.50. The van der Waals surface area contributed by atoms with Crippen LogP contribution in [0.3, 0.4) is 0 Å². The fraction of sp³-hybridized carbons (Fsp3) is 0.273. The number of rotatable bonds is 3. The molecule has 0 bridgehead atoms. The Balaban J connectivity index is 1.74. The molecule has 0 fully saturated rings. The van der Waals surface area contributed by atoms with Crippen LogP contribution < -0.4 is 4.90 Å². The molecule has 0 radical (unpaired) electrons. The molecule has 172 valence electrons. The van der Waals surface area contributed by atoms with Crippen molar-refractivity contribution in [2.75, 3.05) is 4.90 Å². The van der Waals surface area contributed by atoms with Crippen LogP contribution in [0.15, 0.2) is 84.9 Å². The average Bonchev–Trinajstić information content (AvgIpc) is 3.01.